The molecule has 136 valence electrons. The standard InChI is InChI=1S/C21H23NO4/c1-14(26-19-9-5-7-15-6-3-4-8-18(15)19)20(23)22-17-12-10-16(11-13-17)21(24)25-2/h5,7,9-14H,3-4,6,8H2,1-2H3,(H,22,23). The van der Waals surface area contributed by atoms with Crippen LogP contribution in [0.5, 0.6) is 5.75 Å². The van der Waals surface area contributed by atoms with E-state index in [1.807, 2.05) is 12.1 Å². The number of benzene rings is 2. The van der Waals surface area contributed by atoms with Crippen molar-refractivity contribution in [3.05, 3.63) is 59.2 Å². The summed E-state index contributed by atoms with van der Waals surface area (Å²) in [6, 6.07) is 12.6. The Morgan fingerprint density at radius 3 is 2.50 bits per heavy atom. The minimum Gasteiger partial charge on any atom is -0.481 e. The molecule has 0 heterocycles. The van der Waals surface area contributed by atoms with E-state index in [-0.39, 0.29) is 5.91 Å². The van der Waals surface area contributed by atoms with E-state index in [0.29, 0.717) is 11.3 Å². The first kappa shape index (κ1) is 18.0. The second-order valence-corrected chi connectivity index (χ2v) is 6.42. The van der Waals surface area contributed by atoms with Crippen molar-refractivity contribution < 1.29 is 19.1 Å². The third-order valence-corrected chi connectivity index (χ3v) is 4.60. The topological polar surface area (TPSA) is 64.6 Å². The van der Waals surface area contributed by atoms with Crippen LogP contribution in [0.15, 0.2) is 42.5 Å². The van der Waals surface area contributed by atoms with Gasteiger partial charge in [0.1, 0.15) is 5.75 Å². The van der Waals surface area contributed by atoms with Gasteiger partial charge in [0.2, 0.25) is 0 Å². The molecule has 0 aromatic heterocycles. The number of hydrogen-bond donors (Lipinski definition) is 1. The molecule has 1 N–H and O–H groups in total. The molecule has 1 unspecified atom stereocenters. The molecule has 0 aliphatic heterocycles. The summed E-state index contributed by atoms with van der Waals surface area (Å²) >= 11 is 0. The molecule has 0 saturated carbocycles. The third-order valence-electron chi connectivity index (χ3n) is 4.60. The van der Waals surface area contributed by atoms with Crippen molar-refractivity contribution in [3.63, 3.8) is 0 Å². The number of methoxy groups -OCH3 is 1. The average molecular weight is 353 g/mol. The molecule has 1 aliphatic rings. The number of nitrogens with one attached hydrogen (secondary N) is 1. The van der Waals surface area contributed by atoms with E-state index in [4.69, 9.17) is 4.74 Å². The minimum absolute atomic E-state index is 0.232. The lowest BCUT2D eigenvalue weighted by Crippen LogP contribution is -2.30. The monoisotopic (exact) mass is 353 g/mol. The SMILES string of the molecule is COC(=O)c1ccc(NC(=O)C(C)Oc2cccc3c2CCCC3)cc1. The van der Waals surface area contributed by atoms with Crippen LogP contribution in [-0.2, 0) is 22.4 Å². The summed E-state index contributed by atoms with van der Waals surface area (Å²) in [7, 11) is 1.33. The molecule has 0 radical (unpaired) electrons. The molecule has 5 heteroatoms. The van der Waals surface area contributed by atoms with Gasteiger partial charge in [0.05, 0.1) is 12.7 Å². The van der Waals surface area contributed by atoms with Crippen molar-refractivity contribution in [1.82, 2.24) is 0 Å². The summed E-state index contributed by atoms with van der Waals surface area (Å²) < 4.78 is 10.6. The molecule has 1 amide bonds. The number of anilines is 1. The normalized spacial score (nSPS) is 14.1. The van der Waals surface area contributed by atoms with Gasteiger partial charge in [-0.2, -0.15) is 0 Å². The van der Waals surface area contributed by atoms with Gasteiger partial charge in [-0.15, -0.1) is 0 Å². The molecule has 2 aromatic carbocycles. The number of esters is 1. The van der Waals surface area contributed by atoms with Crippen LogP contribution >= 0.6 is 0 Å². The first-order valence-electron chi connectivity index (χ1n) is 8.85. The summed E-state index contributed by atoms with van der Waals surface area (Å²) in [5, 5.41) is 2.81. The van der Waals surface area contributed by atoms with Crippen LogP contribution in [0.25, 0.3) is 0 Å². The van der Waals surface area contributed by atoms with Crippen LogP contribution in [0.1, 0.15) is 41.3 Å². The molecule has 0 spiro atoms. The van der Waals surface area contributed by atoms with Crippen molar-refractivity contribution in [3.8, 4) is 5.75 Å². The van der Waals surface area contributed by atoms with Gasteiger partial charge in [-0.1, -0.05) is 12.1 Å². The summed E-state index contributed by atoms with van der Waals surface area (Å²) in [5.41, 5.74) is 3.58. The average Bonchev–Trinajstić information content (AvgIpc) is 2.68. The molecule has 1 aliphatic carbocycles. The first-order valence-corrected chi connectivity index (χ1v) is 8.85. The van der Waals surface area contributed by atoms with Crippen molar-refractivity contribution in [2.24, 2.45) is 0 Å². The van der Waals surface area contributed by atoms with Crippen molar-refractivity contribution in [1.29, 1.82) is 0 Å². The number of amides is 1. The predicted molar refractivity (Wildman–Crippen MR) is 99.6 cm³/mol. The number of carbonyl (C=O) groups excluding carboxylic acids is 2. The summed E-state index contributed by atoms with van der Waals surface area (Å²) in [6.45, 7) is 1.74. The molecule has 5 nitrogen and oxygen atoms in total. The molecule has 0 bridgehead atoms. The lowest BCUT2D eigenvalue weighted by atomic mass is 9.91. The zero-order valence-corrected chi connectivity index (χ0v) is 15.1. The Bertz CT molecular complexity index is 798. The molecule has 2 aromatic rings. The third kappa shape index (κ3) is 4.04. The zero-order valence-electron chi connectivity index (χ0n) is 15.1. The maximum absolute atomic E-state index is 12.4. The van der Waals surface area contributed by atoms with E-state index in [1.165, 1.54) is 24.7 Å². The van der Waals surface area contributed by atoms with Crippen molar-refractivity contribution >= 4 is 17.6 Å². The summed E-state index contributed by atoms with van der Waals surface area (Å²) in [5.74, 6) is 0.156. The Hall–Kier alpha value is -2.82. The highest BCUT2D eigenvalue weighted by Gasteiger charge is 2.19. The predicted octanol–water partition coefficient (Wildman–Crippen LogP) is 3.76. The fourth-order valence-corrected chi connectivity index (χ4v) is 3.15. The van der Waals surface area contributed by atoms with Gasteiger partial charge in [-0.3, -0.25) is 4.79 Å². The molecule has 0 saturated heterocycles. The lowest BCUT2D eigenvalue weighted by Gasteiger charge is -2.22. The fourth-order valence-electron chi connectivity index (χ4n) is 3.15. The van der Waals surface area contributed by atoms with Gasteiger partial charge in [0, 0.05) is 5.69 Å². The van der Waals surface area contributed by atoms with Crippen LogP contribution in [-0.4, -0.2) is 25.1 Å². The van der Waals surface area contributed by atoms with E-state index in [1.54, 1.807) is 31.2 Å². The van der Waals surface area contributed by atoms with Gasteiger partial charge in [0.25, 0.3) is 5.91 Å². The molecule has 3 rings (SSSR count). The number of rotatable bonds is 5. The molecular formula is C21H23NO4. The number of hydrogen-bond acceptors (Lipinski definition) is 4. The van der Waals surface area contributed by atoms with Gasteiger partial charge in [-0.25, -0.2) is 4.79 Å². The van der Waals surface area contributed by atoms with E-state index in [9.17, 15) is 9.59 Å². The van der Waals surface area contributed by atoms with Gasteiger partial charge >= 0.3 is 5.97 Å². The Labute approximate surface area is 153 Å². The highest BCUT2D eigenvalue weighted by molar-refractivity contribution is 5.95. The fraction of sp³-hybridized carbons (Fsp3) is 0.333. The van der Waals surface area contributed by atoms with Crippen LogP contribution in [0, 0.1) is 0 Å². The van der Waals surface area contributed by atoms with Gasteiger partial charge < -0.3 is 14.8 Å². The highest BCUT2D eigenvalue weighted by Crippen LogP contribution is 2.30. The van der Waals surface area contributed by atoms with Crippen molar-refractivity contribution in [2.75, 3.05) is 12.4 Å². The Morgan fingerprint density at radius 1 is 1.04 bits per heavy atom. The number of carbonyl (C=O) groups is 2. The summed E-state index contributed by atoms with van der Waals surface area (Å²) in [6.07, 6.45) is 3.80. The van der Waals surface area contributed by atoms with Crippen LogP contribution < -0.4 is 10.1 Å². The Balaban J connectivity index is 1.64. The van der Waals surface area contributed by atoms with E-state index in [0.717, 1.165) is 25.0 Å². The second kappa shape index (κ2) is 8.04. The summed E-state index contributed by atoms with van der Waals surface area (Å²) in [4.78, 5) is 23.9. The minimum atomic E-state index is -0.622. The van der Waals surface area contributed by atoms with Gasteiger partial charge in [-0.05, 0) is 74.1 Å². The zero-order chi connectivity index (χ0) is 18.5. The van der Waals surface area contributed by atoms with Crippen LogP contribution in [0.2, 0.25) is 0 Å². The number of aryl methyl sites for hydroxylation is 1. The first-order chi connectivity index (χ1) is 12.6. The quantitative estimate of drug-likeness (QED) is 0.832. The van der Waals surface area contributed by atoms with Crippen LogP contribution in [0.4, 0.5) is 5.69 Å². The Morgan fingerprint density at radius 2 is 1.77 bits per heavy atom. The molecule has 0 fully saturated rings. The largest absolute Gasteiger partial charge is 0.481 e. The van der Waals surface area contributed by atoms with E-state index < -0.39 is 12.1 Å². The maximum Gasteiger partial charge on any atom is 0.337 e. The molecule has 1 atom stereocenters. The highest BCUT2D eigenvalue weighted by atomic mass is 16.5. The molecule has 26 heavy (non-hydrogen) atoms. The number of fused-ring (bicyclic) bond motifs is 1. The molecular weight excluding hydrogens is 330 g/mol. The van der Waals surface area contributed by atoms with E-state index in [2.05, 4.69) is 16.1 Å². The van der Waals surface area contributed by atoms with Crippen LogP contribution in [0.3, 0.4) is 0 Å². The second-order valence-electron chi connectivity index (χ2n) is 6.42. The number of ether oxygens (including phenoxy) is 2. The lowest BCUT2D eigenvalue weighted by molar-refractivity contribution is -0.122. The Kier molecular flexibility index (Phi) is 5.56. The van der Waals surface area contributed by atoms with Crippen molar-refractivity contribution in [2.45, 2.75) is 38.7 Å². The van der Waals surface area contributed by atoms with Gasteiger partial charge in [0.15, 0.2) is 6.10 Å². The maximum atomic E-state index is 12.4. The smallest absolute Gasteiger partial charge is 0.337 e. The van der Waals surface area contributed by atoms with E-state index >= 15 is 0 Å².